The highest BCUT2D eigenvalue weighted by atomic mass is 79.9. The van der Waals surface area contributed by atoms with E-state index in [4.69, 9.17) is 13.9 Å². The van der Waals surface area contributed by atoms with Crippen molar-refractivity contribution in [3.63, 3.8) is 0 Å². The maximum Gasteiger partial charge on any atom is 0.331 e. The van der Waals surface area contributed by atoms with Gasteiger partial charge in [-0.1, -0.05) is 12.1 Å². The third-order valence-electron chi connectivity index (χ3n) is 4.94. The van der Waals surface area contributed by atoms with E-state index in [2.05, 4.69) is 21.2 Å². The van der Waals surface area contributed by atoms with Crippen molar-refractivity contribution >= 4 is 39.9 Å². The first-order chi connectivity index (χ1) is 16.4. The number of rotatable bonds is 7. The van der Waals surface area contributed by atoms with Crippen LogP contribution in [0.4, 0.5) is 9.18 Å². The van der Waals surface area contributed by atoms with E-state index < -0.39 is 17.8 Å². The number of nitrogens with one attached hydrogen (secondary N) is 1. The molecule has 34 heavy (non-hydrogen) atoms. The zero-order valence-corrected chi connectivity index (χ0v) is 19.4. The molecule has 174 valence electrons. The number of barbiturate groups is 1. The largest absolute Gasteiger partial charge is 0.493 e. The number of halogens is 2. The molecule has 0 spiro atoms. The average molecular weight is 529 g/mol. The van der Waals surface area contributed by atoms with Gasteiger partial charge in [-0.25, -0.2) is 9.18 Å². The quantitative estimate of drug-likeness (QED) is 0.359. The predicted molar refractivity (Wildman–Crippen MR) is 122 cm³/mol. The first-order valence-electron chi connectivity index (χ1n) is 10.0. The van der Waals surface area contributed by atoms with Gasteiger partial charge < -0.3 is 13.9 Å². The van der Waals surface area contributed by atoms with E-state index in [9.17, 15) is 18.8 Å². The number of amides is 4. The minimum atomic E-state index is -0.827. The predicted octanol–water partition coefficient (Wildman–Crippen LogP) is 4.43. The SMILES string of the molecule is COc1cc(/C=C2\C(=O)NC(=O)N(Cc3ccco3)C2=O)cc(Br)c1OCc1ccc(F)cc1. The summed E-state index contributed by atoms with van der Waals surface area (Å²) in [4.78, 5) is 38.4. The van der Waals surface area contributed by atoms with Gasteiger partial charge in [0.15, 0.2) is 11.5 Å². The molecule has 2 aromatic carbocycles. The summed E-state index contributed by atoms with van der Waals surface area (Å²) in [5.41, 5.74) is 0.996. The summed E-state index contributed by atoms with van der Waals surface area (Å²) in [7, 11) is 1.45. The molecule has 0 aliphatic carbocycles. The number of benzene rings is 2. The molecule has 1 aliphatic heterocycles. The fourth-order valence-corrected chi connectivity index (χ4v) is 3.84. The van der Waals surface area contributed by atoms with Gasteiger partial charge in [-0.05, 0) is 69.5 Å². The average Bonchev–Trinajstić information content (AvgIpc) is 3.33. The Hall–Kier alpha value is -3.92. The van der Waals surface area contributed by atoms with Gasteiger partial charge in [0, 0.05) is 0 Å². The van der Waals surface area contributed by atoms with Crippen LogP contribution < -0.4 is 14.8 Å². The van der Waals surface area contributed by atoms with E-state index >= 15 is 0 Å². The summed E-state index contributed by atoms with van der Waals surface area (Å²) >= 11 is 3.42. The van der Waals surface area contributed by atoms with Crippen LogP contribution in [0.25, 0.3) is 6.08 Å². The van der Waals surface area contributed by atoms with Crippen LogP contribution in [0, 0.1) is 5.82 Å². The van der Waals surface area contributed by atoms with Gasteiger partial charge in [-0.2, -0.15) is 0 Å². The summed E-state index contributed by atoms with van der Waals surface area (Å²) in [5, 5.41) is 2.16. The topological polar surface area (TPSA) is 98.1 Å². The molecule has 3 aromatic rings. The molecule has 0 bridgehead atoms. The number of furan rings is 1. The van der Waals surface area contributed by atoms with Crippen LogP contribution in [0.15, 0.2) is 69.3 Å². The highest BCUT2D eigenvalue weighted by Crippen LogP contribution is 2.38. The molecule has 8 nitrogen and oxygen atoms in total. The second-order valence-corrected chi connectivity index (χ2v) is 8.09. The van der Waals surface area contributed by atoms with Crippen molar-refractivity contribution in [2.24, 2.45) is 0 Å². The normalized spacial score (nSPS) is 15.0. The molecule has 4 rings (SSSR count). The third-order valence-corrected chi connectivity index (χ3v) is 5.53. The van der Waals surface area contributed by atoms with Gasteiger partial charge in [0.25, 0.3) is 11.8 Å². The van der Waals surface area contributed by atoms with Gasteiger partial charge in [-0.3, -0.25) is 19.8 Å². The molecule has 1 saturated heterocycles. The van der Waals surface area contributed by atoms with Gasteiger partial charge in [-0.15, -0.1) is 0 Å². The van der Waals surface area contributed by atoms with Gasteiger partial charge >= 0.3 is 6.03 Å². The number of hydrogen-bond acceptors (Lipinski definition) is 6. The summed E-state index contributed by atoms with van der Waals surface area (Å²) in [6.45, 7) is 0.0475. The number of methoxy groups -OCH3 is 1. The van der Waals surface area contributed by atoms with Crippen LogP contribution in [-0.4, -0.2) is 29.9 Å². The van der Waals surface area contributed by atoms with E-state index in [1.54, 1.807) is 36.4 Å². The van der Waals surface area contributed by atoms with Crippen molar-refractivity contribution in [3.8, 4) is 11.5 Å². The first-order valence-corrected chi connectivity index (χ1v) is 10.8. The zero-order chi connectivity index (χ0) is 24.2. The Balaban J connectivity index is 1.59. The summed E-state index contributed by atoms with van der Waals surface area (Å²) < 4.78 is 30.1. The molecule has 0 saturated carbocycles. The van der Waals surface area contributed by atoms with Crippen LogP contribution in [0.5, 0.6) is 11.5 Å². The van der Waals surface area contributed by atoms with Crippen molar-refractivity contribution in [2.45, 2.75) is 13.2 Å². The minimum absolute atomic E-state index is 0.120. The van der Waals surface area contributed by atoms with Crippen molar-refractivity contribution < 1.29 is 32.7 Å². The van der Waals surface area contributed by atoms with Crippen LogP contribution in [0.3, 0.4) is 0 Å². The Kier molecular flexibility index (Phi) is 6.78. The monoisotopic (exact) mass is 528 g/mol. The van der Waals surface area contributed by atoms with Crippen molar-refractivity contribution in [1.82, 2.24) is 10.2 Å². The minimum Gasteiger partial charge on any atom is -0.493 e. The molecule has 1 N–H and O–H groups in total. The standard InChI is InChI=1S/C24H18BrFN2O6/c1-32-20-11-15(10-19(25)21(20)34-13-14-4-6-16(26)7-5-14)9-18-22(29)27-24(31)28(23(18)30)12-17-3-2-8-33-17/h2-11H,12-13H2,1H3,(H,27,29,31)/b18-9+. The van der Waals surface area contributed by atoms with Crippen molar-refractivity contribution in [1.29, 1.82) is 0 Å². The second-order valence-electron chi connectivity index (χ2n) is 7.24. The van der Waals surface area contributed by atoms with Crippen LogP contribution >= 0.6 is 15.9 Å². The number of carbonyl (C=O) groups excluding carboxylic acids is 3. The highest BCUT2D eigenvalue weighted by molar-refractivity contribution is 9.10. The second kappa shape index (κ2) is 9.92. The van der Waals surface area contributed by atoms with Crippen LogP contribution in [-0.2, 0) is 22.7 Å². The Morgan fingerprint density at radius 3 is 2.59 bits per heavy atom. The van der Waals surface area contributed by atoms with E-state index in [-0.39, 0.29) is 24.5 Å². The van der Waals surface area contributed by atoms with Gasteiger partial charge in [0.05, 0.1) is 24.4 Å². The Morgan fingerprint density at radius 2 is 1.91 bits per heavy atom. The molecule has 4 amide bonds. The van der Waals surface area contributed by atoms with Gasteiger partial charge in [0.2, 0.25) is 0 Å². The molecule has 10 heteroatoms. The molecule has 0 radical (unpaired) electrons. The van der Waals surface area contributed by atoms with Gasteiger partial charge in [0.1, 0.15) is 23.8 Å². The highest BCUT2D eigenvalue weighted by Gasteiger charge is 2.36. The molecule has 1 aromatic heterocycles. The van der Waals surface area contributed by atoms with Crippen LogP contribution in [0.1, 0.15) is 16.9 Å². The maximum atomic E-state index is 13.1. The molecular formula is C24H18BrFN2O6. The Labute approximate surface area is 202 Å². The zero-order valence-electron chi connectivity index (χ0n) is 17.8. The molecule has 1 fully saturated rings. The molecule has 2 heterocycles. The van der Waals surface area contributed by atoms with E-state index in [0.29, 0.717) is 27.3 Å². The lowest BCUT2D eigenvalue weighted by atomic mass is 10.1. The Morgan fingerprint density at radius 1 is 1.15 bits per heavy atom. The number of carbonyl (C=O) groups is 3. The number of nitrogens with zero attached hydrogens (tertiary/aromatic N) is 1. The molecule has 1 aliphatic rings. The van der Waals surface area contributed by atoms with Crippen molar-refractivity contribution in [3.05, 3.63) is 87.5 Å². The molecule has 0 unspecified atom stereocenters. The lowest BCUT2D eigenvalue weighted by Crippen LogP contribution is -2.53. The fourth-order valence-electron chi connectivity index (χ4n) is 3.26. The lowest BCUT2D eigenvalue weighted by Gasteiger charge is -2.25. The Bertz CT molecular complexity index is 1270. The number of imide groups is 2. The maximum absolute atomic E-state index is 13.1. The first kappa shape index (κ1) is 23.2. The van der Waals surface area contributed by atoms with Crippen molar-refractivity contribution in [2.75, 3.05) is 7.11 Å². The summed E-state index contributed by atoms with van der Waals surface area (Å²) in [6.07, 6.45) is 2.78. The fraction of sp³-hybridized carbons (Fsp3) is 0.125. The third kappa shape index (κ3) is 5.01. The van der Waals surface area contributed by atoms with E-state index in [0.717, 1.165) is 10.5 Å². The smallest absolute Gasteiger partial charge is 0.331 e. The molecule has 0 atom stereocenters. The van der Waals surface area contributed by atoms with E-state index in [1.165, 1.54) is 31.6 Å². The number of urea groups is 1. The van der Waals surface area contributed by atoms with E-state index in [1.807, 2.05) is 0 Å². The number of hydrogen-bond donors (Lipinski definition) is 1. The lowest BCUT2D eigenvalue weighted by molar-refractivity contribution is -0.130. The van der Waals surface area contributed by atoms with Crippen LogP contribution in [0.2, 0.25) is 0 Å². The summed E-state index contributed by atoms with van der Waals surface area (Å²) in [5.74, 6) is -0.775. The molecular weight excluding hydrogens is 511 g/mol. The summed E-state index contributed by atoms with van der Waals surface area (Å²) in [6, 6.07) is 11.6. The number of ether oxygens (including phenoxy) is 2.